The maximum atomic E-state index is 10.4. The number of para-hydroxylation sites is 2. The SMILES string of the molecule is CCN(CCCl)c1ccc(C=O)cc1.Cc1ccncc1.c1ccc2c(c1)nc1n2CCC1. The van der Waals surface area contributed by atoms with Crippen molar-refractivity contribution in [1.29, 1.82) is 0 Å². The summed E-state index contributed by atoms with van der Waals surface area (Å²) in [5.74, 6) is 1.87. The number of benzene rings is 2. The molecule has 6 heteroatoms. The number of carbonyl (C=O) groups is 1. The summed E-state index contributed by atoms with van der Waals surface area (Å²) in [6.07, 6.45) is 6.83. The van der Waals surface area contributed by atoms with Gasteiger partial charge in [-0.05, 0) is 74.4 Å². The van der Waals surface area contributed by atoms with Gasteiger partial charge in [-0.15, -0.1) is 11.6 Å². The smallest absolute Gasteiger partial charge is 0.150 e. The summed E-state index contributed by atoms with van der Waals surface area (Å²) in [4.78, 5) is 21.0. The van der Waals surface area contributed by atoms with Crippen LogP contribution in [0.5, 0.6) is 0 Å². The number of anilines is 1. The minimum absolute atomic E-state index is 0.614. The maximum absolute atomic E-state index is 10.4. The Bertz CT molecular complexity index is 1130. The van der Waals surface area contributed by atoms with Gasteiger partial charge in [-0.2, -0.15) is 0 Å². The molecule has 5 nitrogen and oxygen atoms in total. The van der Waals surface area contributed by atoms with Crippen molar-refractivity contribution >= 4 is 34.6 Å². The molecule has 0 spiro atoms. The number of aromatic nitrogens is 3. The van der Waals surface area contributed by atoms with Crippen LogP contribution in [0.4, 0.5) is 5.69 Å². The molecule has 0 aliphatic carbocycles. The van der Waals surface area contributed by atoms with Gasteiger partial charge in [0.05, 0.1) is 11.0 Å². The van der Waals surface area contributed by atoms with Crippen LogP contribution in [0.25, 0.3) is 11.0 Å². The van der Waals surface area contributed by atoms with Crippen molar-refractivity contribution in [1.82, 2.24) is 14.5 Å². The summed E-state index contributed by atoms with van der Waals surface area (Å²) < 4.78 is 2.33. The molecule has 0 saturated heterocycles. The Morgan fingerprint density at radius 3 is 2.39 bits per heavy atom. The van der Waals surface area contributed by atoms with E-state index in [1.165, 1.54) is 23.3 Å². The van der Waals surface area contributed by atoms with Gasteiger partial charge in [0.25, 0.3) is 0 Å². The van der Waals surface area contributed by atoms with Crippen LogP contribution in [0.15, 0.2) is 73.1 Å². The molecule has 0 saturated carbocycles. The number of pyridine rings is 1. The zero-order valence-corrected chi connectivity index (χ0v) is 20.1. The monoisotopic (exact) mass is 462 g/mol. The Hall–Kier alpha value is -3.18. The molecule has 3 heterocycles. The summed E-state index contributed by atoms with van der Waals surface area (Å²) in [6.45, 7) is 7.03. The summed E-state index contributed by atoms with van der Waals surface area (Å²) in [5.41, 5.74) is 5.52. The number of aryl methyl sites for hydroxylation is 3. The predicted molar refractivity (Wildman–Crippen MR) is 137 cm³/mol. The highest BCUT2D eigenvalue weighted by Crippen LogP contribution is 2.21. The second-order valence-electron chi connectivity index (χ2n) is 7.77. The molecule has 1 aliphatic heterocycles. The molecule has 4 aromatic rings. The van der Waals surface area contributed by atoms with Gasteiger partial charge in [-0.1, -0.05) is 12.1 Å². The van der Waals surface area contributed by atoms with Crippen LogP contribution in [-0.2, 0) is 13.0 Å². The zero-order valence-electron chi connectivity index (χ0n) is 19.3. The van der Waals surface area contributed by atoms with Crippen molar-refractivity contribution in [2.75, 3.05) is 23.9 Å². The third-order valence-electron chi connectivity index (χ3n) is 5.49. The lowest BCUT2D eigenvalue weighted by Crippen LogP contribution is -2.24. The number of alkyl halides is 1. The highest BCUT2D eigenvalue weighted by molar-refractivity contribution is 6.18. The zero-order chi connectivity index (χ0) is 23.5. The number of halogens is 1. The quantitative estimate of drug-likeness (QED) is 0.272. The van der Waals surface area contributed by atoms with E-state index in [0.29, 0.717) is 11.4 Å². The molecule has 1 aliphatic rings. The minimum Gasteiger partial charge on any atom is -0.371 e. The summed E-state index contributed by atoms with van der Waals surface area (Å²) in [6, 6.07) is 19.8. The first-order valence-electron chi connectivity index (χ1n) is 11.3. The van der Waals surface area contributed by atoms with E-state index in [1.807, 2.05) is 49.4 Å². The van der Waals surface area contributed by atoms with Crippen LogP contribution in [0, 0.1) is 6.92 Å². The average Bonchev–Trinajstić information content (AvgIpc) is 3.46. The molecule has 0 radical (unpaired) electrons. The number of imidazole rings is 1. The van der Waals surface area contributed by atoms with E-state index in [0.717, 1.165) is 43.5 Å². The Morgan fingerprint density at radius 1 is 1.06 bits per heavy atom. The number of rotatable bonds is 5. The molecule has 0 amide bonds. The maximum Gasteiger partial charge on any atom is 0.150 e. The Labute approximate surface area is 201 Å². The number of nitrogens with zero attached hydrogens (tertiary/aromatic N) is 4. The van der Waals surface area contributed by atoms with Gasteiger partial charge in [-0.25, -0.2) is 4.98 Å². The van der Waals surface area contributed by atoms with Gasteiger partial charge < -0.3 is 9.47 Å². The molecular weight excluding hydrogens is 432 g/mol. The molecule has 33 heavy (non-hydrogen) atoms. The number of aldehydes is 1. The first kappa shape index (κ1) is 24.5. The van der Waals surface area contributed by atoms with Crippen LogP contribution in [0.3, 0.4) is 0 Å². The van der Waals surface area contributed by atoms with Gasteiger partial charge in [-0.3, -0.25) is 9.78 Å². The summed E-state index contributed by atoms with van der Waals surface area (Å²) in [7, 11) is 0. The third-order valence-corrected chi connectivity index (χ3v) is 5.66. The molecule has 2 aromatic heterocycles. The van der Waals surface area contributed by atoms with Crippen LogP contribution in [-0.4, -0.2) is 39.8 Å². The molecular formula is C27H31ClN4O. The number of hydrogen-bond donors (Lipinski definition) is 0. The van der Waals surface area contributed by atoms with Crippen molar-refractivity contribution in [2.24, 2.45) is 0 Å². The first-order chi connectivity index (χ1) is 16.2. The van der Waals surface area contributed by atoms with E-state index < -0.39 is 0 Å². The van der Waals surface area contributed by atoms with Crippen LogP contribution < -0.4 is 4.90 Å². The Kier molecular flexibility index (Phi) is 9.45. The molecule has 2 aromatic carbocycles. The van der Waals surface area contributed by atoms with Crippen LogP contribution in [0.2, 0.25) is 0 Å². The van der Waals surface area contributed by atoms with E-state index in [-0.39, 0.29) is 0 Å². The lowest BCUT2D eigenvalue weighted by Gasteiger charge is -2.21. The van der Waals surface area contributed by atoms with E-state index in [2.05, 4.69) is 44.6 Å². The van der Waals surface area contributed by atoms with Crippen molar-refractivity contribution < 1.29 is 4.79 Å². The first-order valence-corrected chi connectivity index (χ1v) is 11.9. The standard InChI is InChI=1S/C11H14ClNO.C10H10N2.C6H7N/c1-2-13(8-7-12)11-5-3-10(9-14)4-6-11;1-2-5-9-8(4-1)11-10-6-3-7-12(9)10;1-6-2-4-7-5-3-6/h3-6,9H,2,7-8H2,1H3;1-2,4-5H,3,6-7H2;2-5H,1H3. The lowest BCUT2D eigenvalue weighted by molar-refractivity contribution is 0.112. The van der Waals surface area contributed by atoms with Crippen molar-refractivity contribution in [3.63, 3.8) is 0 Å². The molecule has 0 unspecified atom stereocenters. The fourth-order valence-corrected chi connectivity index (χ4v) is 3.93. The van der Waals surface area contributed by atoms with E-state index >= 15 is 0 Å². The predicted octanol–water partition coefficient (Wildman–Crippen LogP) is 5.94. The van der Waals surface area contributed by atoms with Crippen LogP contribution in [0.1, 0.15) is 35.1 Å². The van der Waals surface area contributed by atoms with Crippen molar-refractivity contribution in [2.45, 2.75) is 33.2 Å². The van der Waals surface area contributed by atoms with Gasteiger partial charge in [0, 0.05) is 55.6 Å². The summed E-state index contributed by atoms with van der Waals surface area (Å²) >= 11 is 5.69. The second kappa shape index (κ2) is 12.8. The second-order valence-corrected chi connectivity index (χ2v) is 8.15. The van der Waals surface area contributed by atoms with Crippen LogP contribution >= 0.6 is 11.6 Å². The molecule has 0 bridgehead atoms. The Balaban J connectivity index is 0.000000146. The van der Waals surface area contributed by atoms with E-state index in [4.69, 9.17) is 11.6 Å². The van der Waals surface area contributed by atoms with Gasteiger partial charge >= 0.3 is 0 Å². The fourth-order valence-electron chi connectivity index (χ4n) is 3.72. The van der Waals surface area contributed by atoms with Crippen molar-refractivity contribution in [3.8, 4) is 0 Å². The average molecular weight is 463 g/mol. The number of carbonyl (C=O) groups excluding carboxylic acids is 1. The highest BCUT2D eigenvalue weighted by atomic mass is 35.5. The normalized spacial score (nSPS) is 11.6. The molecule has 0 fully saturated rings. The Morgan fingerprint density at radius 2 is 1.79 bits per heavy atom. The fraction of sp³-hybridized carbons (Fsp3) is 0.296. The molecule has 172 valence electrons. The lowest BCUT2D eigenvalue weighted by atomic mass is 10.2. The van der Waals surface area contributed by atoms with Crippen molar-refractivity contribution in [3.05, 3.63) is 90.0 Å². The minimum atomic E-state index is 0.614. The van der Waals surface area contributed by atoms with Gasteiger partial charge in [0.2, 0.25) is 0 Å². The van der Waals surface area contributed by atoms with Gasteiger partial charge in [0.1, 0.15) is 12.1 Å². The van der Waals surface area contributed by atoms with E-state index in [1.54, 1.807) is 12.4 Å². The molecule has 0 atom stereocenters. The topological polar surface area (TPSA) is 51.0 Å². The number of hydrogen-bond acceptors (Lipinski definition) is 4. The third kappa shape index (κ3) is 6.90. The van der Waals surface area contributed by atoms with E-state index in [9.17, 15) is 4.79 Å². The highest BCUT2D eigenvalue weighted by Gasteiger charge is 2.14. The number of fused-ring (bicyclic) bond motifs is 3. The largest absolute Gasteiger partial charge is 0.371 e. The molecule has 0 N–H and O–H groups in total. The summed E-state index contributed by atoms with van der Waals surface area (Å²) in [5, 5.41) is 0. The van der Waals surface area contributed by atoms with Gasteiger partial charge in [0.15, 0.2) is 0 Å². The molecule has 5 rings (SSSR count).